The van der Waals surface area contributed by atoms with E-state index in [1.54, 1.807) is 6.08 Å². The Kier molecular flexibility index (Phi) is 4.46. The van der Waals surface area contributed by atoms with Crippen LogP contribution >= 0.6 is 0 Å². The van der Waals surface area contributed by atoms with E-state index in [4.69, 9.17) is 9.31 Å². The largest absolute Gasteiger partial charge is 0.494 e. The summed E-state index contributed by atoms with van der Waals surface area (Å²) in [5.41, 5.74) is 0.308. The van der Waals surface area contributed by atoms with Crippen molar-refractivity contribution in [2.24, 2.45) is 0 Å². The van der Waals surface area contributed by atoms with Crippen molar-refractivity contribution in [3.63, 3.8) is 0 Å². The third-order valence-electron chi connectivity index (χ3n) is 3.43. The molecular weight excluding hydrogens is 225 g/mol. The Morgan fingerprint density at radius 1 is 1.11 bits per heavy atom. The van der Waals surface area contributed by atoms with Gasteiger partial charge in [-0.1, -0.05) is 18.7 Å². The van der Waals surface area contributed by atoms with E-state index in [1.165, 1.54) is 0 Å². The molecule has 1 aliphatic heterocycles. The first-order valence-electron chi connectivity index (χ1n) is 6.22. The summed E-state index contributed by atoms with van der Waals surface area (Å²) in [6.45, 7) is 12.0. The summed E-state index contributed by atoms with van der Waals surface area (Å²) < 4.78 is 11.9. The van der Waals surface area contributed by atoms with Crippen LogP contribution in [0.4, 0.5) is 0 Å². The topological polar surface area (TPSA) is 21.7 Å². The zero-order valence-electron chi connectivity index (χ0n) is 12.4. The molecule has 0 aliphatic carbocycles. The Labute approximate surface area is 111 Å². The third-order valence-corrected chi connectivity index (χ3v) is 3.43. The summed E-state index contributed by atoms with van der Waals surface area (Å²) >= 11 is 0. The molecule has 4 heteroatoms. The minimum atomic E-state index is -0.348. The molecule has 0 aromatic heterocycles. The summed E-state index contributed by atoms with van der Waals surface area (Å²) in [4.78, 5) is 1.97. The Morgan fingerprint density at radius 3 is 2.00 bits per heavy atom. The highest BCUT2D eigenvalue weighted by Gasteiger charge is 2.51. The SMILES string of the molecule is C=C/C(=C\C=C/N(C)C)B1OC(C)(C)C(C)(C)O1. The maximum Gasteiger partial charge on any atom is 0.494 e. The molecule has 0 saturated carbocycles. The molecule has 1 fully saturated rings. The molecule has 0 bridgehead atoms. The third kappa shape index (κ3) is 3.27. The Bertz CT molecular complexity index is 354. The smallest absolute Gasteiger partial charge is 0.399 e. The first kappa shape index (κ1) is 15.1. The van der Waals surface area contributed by atoms with E-state index in [0.29, 0.717) is 0 Å². The molecule has 0 radical (unpaired) electrons. The average Bonchev–Trinajstić information content (AvgIpc) is 2.42. The van der Waals surface area contributed by atoms with Gasteiger partial charge in [-0.05, 0) is 45.4 Å². The lowest BCUT2D eigenvalue weighted by molar-refractivity contribution is 0.00578. The monoisotopic (exact) mass is 249 g/mol. The van der Waals surface area contributed by atoms with Crippen LogP contribution in [0.15, 0.2) is 36.5 Å². The number of nitrogens with zero attached hydrogens (tertiary/aromatic N) is 1. The van der Waals surface area contributed by atoms with Crippen molar-refractivity contribution in [3.8, 4) is 0 Å². The molecule has 0 amide bonds. The highest BCUT2D eigenvalue weighted by molar-refractivity contribution is 6.55. The van der Waals surface area contributed by atoms with Gasteiger partial charge >= 0.3 is 7.12 Å². The molecule has 18 heavy (non-hydrogen) atoms. The molecule has 0 spiro atoms. The second-order valence-corrected chi connectivity index (χ2v) is 5.76. The van der Waals surface area contributed by atoms with E-state index in [0.717, 1.165) is 5.47 Å². The highest BCUT2D eigenvalue weighted by Crippen LogP contribution is 2.38. The molecule has 0 aromatic carbocycles. The van der Waals surface area contributed by atoms with Crippen LogP contribution in [0.25, 0.3) is 0 Å². The summed E-state index contributed by atoms with van der Waals surface area (Å²) in [5, 5.41) is 0. The zero-order chi connectivity index (χ0) is 14.0. The molecule has 0 atom stereocenters. The fourth-order valence-electron chi connectivity index (χ4n) is 1.55. The van der Waals surface area contributed by atoms with Gasteiger partial charge in [-0.3, -0.25) is 0 Å². The number of rotatable bonds is 4. The second-order valence-electron chi connectivity index (χ2n) is 5.76. The van der Waals surface area contributed by atoms with Crippen molar-refractivity contribution < 1.29 is 9.31 Å². The van der Waals surface area contributed by atoms with Gasteiger partial charge in [0.1, 0.15) is 0 Å². The quantitative estimate of drug-likeness (QED) is 0.565. The van der Waals surface area contributed by atoms with Crippen molar-refractivity contribution in [1.82, 2.24) is 4.90 Å². The van der Waals surface area contributed by atoms with Crippen molar-refractivity contribution in [1.29, 1.82) is 0 Å². The number of hydrogen-bond acceptors (Lipinski definition) is 3. The number of hydrogen-bond donors (Lipinski definition) is 0. The van der Waals surface area contributed by atoms with Gasteiger partial charge < -0.3 is 14.2 Å². The van der Waals surface area contributed by atoms with Gasteiger partial charge in [-0.2, -0.15) is 0 Å². The molecule has 1 heterocycles. The van der Waals surface area contributed by atoms with Crippen LogP contribution in [0.2, 0.25) is 0 Å². The summed E-state index contributed by atoms with van der Waals surface area (Å²) in [6, 6.07) is 0. The molecule has 3 nitrogen and oxygen atoms in total. The zero-order valence-corrected chi connectivity index (χ0v) is 12.4. The molecule has 1 aliphatic rings. The van der Waals surface area contributed by atoms with Gasteiger partial charge in [0.2, 0.25) is 0 Å². The van der Waals surface area contributed by atoms with Crippen LogP contribution in [0.5, 0.6) is 0 Å². The maximum atomic E-state index is 5.97. The van der Waals surface area contributed by atoms with Crippen molar-refractivity contribution in [2.45, 2.75) is 38.9 Å². The van der Waals surface area contributed by atoms with Gasteiger partial charge in [0.15, 0.2) is 0 Å². The van der Waals surface area contributed by atoms with E-state index in [-0.39, 0.29) is 18.3 Å². The Morgan fingerprint density at radius 2 is 1.61 bits per heavy atom. The van der Waals surface area contributed by atoms with Crippen LogP contribution in [0.1, 0.15) is 27.7 Å². The molecule has 1 saturated heterocycles. The van der Waals surface area contributed by atoms with E-state index in [2.05, 4.69) is 6.58 Å². The Hall–Kier alpha value is -0.995. The Balaban J connectivity index is 2.84. The molecule has 1 rings (SSSR count). The van der Waals surface area contributed by atoms with Crippen molar-refractivity contribution in [2.75, 3.05) is 14.1 Å². The minimum absolute atomic E-state index is 0.314. The van der Waals surface area contributed by atoms with Crippen LogP contribution in [0, 0.1) is 0 Å². The maximum absolute atomic E-state index is 5.97. The fourth-order valence-corrected chi connectivity index (χ4v) is 1.55. The summed E-state index contributed by atoms with van der Waals surface area (Å²) in [6.07, 6.45) is 7.67. The molecule has 100 valence electrons. The van der Waals surface area contributed by atoms with Gasteiger partial charge in [0, 0.05) is 14.1 Å². The molecule has 0 aromatic rings. The highest BCUT2D eigenvalue weighted by atomic mass is 16.7. The predicted molar refractivity (Wildman–Crippen MR) is 77.2 cm³/mol. The van der Waals surface area contributed by atoms with Crippen molar-refractivity contribution in [3.05, 3.63) is 36.5 Å². The van der Waals surface area contributed by atoms with Gasteiger partial charge in [0.25, 0.3) is 0 Å². The van der Waals surface area contributed by atoms with E-state index in [1.807, 2.05) is 65.0 Å². The molecular formula is C14H24BNO2. The second kappa shape index (κ2) is 5.33. The lowest BCUT2D eigenvalue weighted by atomic mass is 9.78. The lowest BCUT2D eigenvalue weighted by Gasteiger charge is -2.32. The van der Waals surface area contributed by atoms with Gasteiger partial charge in [0.05, 0.1) is 11.2 Å². The van der Waals surface area contributed by atoms with Crippen LogP contribution < -0.4 is 0 Å². The van der Waals surface area contributed by atoms with E-state index >= 15 is 0 Å². The standard InChI is InChI=1S/C14H24BNO2/c1-8-12(10-9-11-16(6)7)15-17-13(2,3)14(4,5)18-15/h8-11H,1H2,2-7H3/b11-9-,12-10+. The van der Waals surface area contributed by atoms with E-state index in [9.17, 15) is 0 Å². The first-order chi connectivity index (χ1) is 8.19. The predicted octanol–water partition coefficient (Wildman–Crippen LogP) is 2.81. The summed E-state index contributed by atoms with van der Waals surface area (Å²) in [5.74, 6) is 0. The minimum Gasteiger partial charge on any atom is -0.399 e. The normalized spacial score (nSPS) is 22.6. The average molecular weight is 249 g/mol. The summed E-state index contributed by atoms with van der Waals surface area (Å²) in [7, 11) is 3.61. The number of allylic oxidation sites excluding steroid dienone is 4. The lowest BCUT2D eigenvalue weighted by Crippen LogP contribution is -2.41. The fraction of sp³-hybridized carbons (Fsp3) is 0.571. The van der Waals surface area contributed by atoms with Gasteiger partial charge in [-0.15, -0.1) is 0 Å². The molecule has 0 unspecified atom stereocenters. The van der Waals surface area contributed by atoms with E-state index < -0.39 is 0 Å². The molecule has 0 N–H and O–H groups in total. The van der Waals surface area contributed by atoms with Crippen LogP contribution in [-0.4, -0.2) is 37.3 Å². The van der Waals surface area contributed by atoms with Crippen LogP contribution in [-0.2, 0) is 9.31 Å². The first-order valence-corrected chi connectivity index (χ1v) is 6.22. The van der Waals surface area contributed by atoms with Crippen LogP contribution in [0.3, 0.4) is 0 Å². The van der Waals surface area contributed by atoms with Crippen molar-refractivity contribution >= 4 is 7.12 Å². The van der Waals surface area contributed by atoms with Gasteiger partial charge in [-0.25, -0.2) is 0 Å².